The SMILES string of the molecule is COc1cccc(N2CCC3(CCCN(Cc4c[nH]c5ccccc45)C3=O)CC2)c1. The van der Waals surface area contributed by atoms with Gasteiger partial charge < -0.3 is 19.5 Å². The van der Waals surface area contributed by atoms with Gasteiger partial charge in [0, 0.05) is 55.0 Å². The van der Waals surface area contributed by atoms with Crippen molar-refractivity contribution >= 4 is 22.5 Å². The molecule has 1 amide bonds. The number of anilines is 1. The largest absolute Gasteiger partial charge is 0.497 e. The summed E-state index contributed by atoms with van der Waals surface area (Å²) in [4.78, 5) is 21.4. The number of aromatic amines is 1. The number of benzene rings is 2. The lowest BCUT2D eigenvalue weighted by Gasteiger charge is -2.47. The fraction of sp³-hybridized carbons (Fsp3) is 0.400. The first kappa shape index (κ1) is 19.0. The molecule has 30 heavy (non-hydrogen) atoms. The van der Waals surface area contributed by atoms with Gasteiger partial charge in [-0.2, -0.15) is 0 Å². The molecule has 2 aromatic carbocycles. The molecule has 0 atom stereocenters. The Labute approximate surface area is 177 Å². The smallest absolute Gasteiger partial charge is 0.229 e. The summed E-state index contributed by atoms with van der Waals surface area (Å²) in [6.45, 7) is 3.39. The number of hydrogen-bond acceptors (Lipinski definition) is 3. The van der Waals surface area contributed by atoms with Crippen LogP contribution in [0, 0.1) is 5.41 Å². The number of H-pyrrole nitrogens is 1. The second-order valence-corrected chi connectivity index (χ2v) is 8.66. The number of rotatable bonds is 4. The Hall–Kier alpha value is -2.95. The van der Waals surface area contributed by atoms with E-state index in [1.54, 1.807) is 7.11 Å². The van der Waals surface area contributed by atoms with Crippen LogP contribution >= 0.6 is 0 Å². The van der Waals surface area contributed by atoms with Crippen LogP contribution < -0.4 is 9.64 Å². The number of para-hydroxylation sites is 1. The first-order valence-corrected chi connectivity index (χ1v) is 10.9. The molecule has 5 nitrogen and oxygen atoms in total. The van der Waals surface area contributed by atoms with Crippen LogP contribution in [0.25, 0.3) is 10.9 Å². The van der Waals surface area contributed by atoms with E-state index in [0.717, 1.165) is 56.6 Å². The monoisotopic (exact) mass is 403 g/mol. The fourth-order valence-corrected chi connectivity index (χ4v) is 5.24. The molecule has 0 aliphatic carbocycles. The van der Waals surface area contributed by atoms with Crippen LogP contribution in [-0.2, 0) is 11.3 Å². The van der Waals surface area contributed by atoms with Gasteiger partial charge in [0.1, 0.15) is 5.75 Å². The van der Waals surface area contributed by atoms with Crippen molar-refractivity contribution in [2.24, 2.45) is 5.41 Å². The van der Waals surface area contributed by atoms with Crippen LogP contribution in [0.1, 0.15) is 31.2 Å². The number of aromatic nitrogens is 1. The van der Waals surface area contributed by atoms with E-state index in [1.807, 2.05) is 18.2 Å². The molecule has 1 spiro atoms. The van der Waals surface area contributed by atoms with Crippen LogP contribution in [0.2, 0.25) is 0 Å². The molecule has 1 N–H and O–H groups in total. The van der Waals surface area contributed by atoms with E-state index in [4.69, 9.17) is 4.74 Å². The van der Waals surface area contributed by atoms with E-state index in [2.05, 4.69) is 51.3 Å². The summed E-state index contributed by atoms with van der Waals surface area (Å²) in [5, 5.41) is 1.22. The number of nitrogens with one attached hydrogen (secondary N) is 1. The Kier molecular flexibility index (Phi) is 4.89. The van der Waals surface area contributed by atoms with Gasteiger partial charge in [-0.3, -0.25) is 4.79 Å². The number of nitrogens with zero attached hydrogens (tertiary/aromatic N) is 2. The molecule has 2 fully saturated rings. The third-order valence-corrected chi connectivity index (χ3v) is 7.00. The summed E-state index contributed by atoms with van der Waals surface area (Å²) in [5.74, 6) is 1.23. The number of amides is 1. The number of fused-ring (bicyclic) bond motifs is 1. The van der Waals surface area contributed by atoms with E-state index in [1.165, 1.54) is 16.6 Å². The molecule has 2 aliphatic heterocycles. The van der Waals surface area contributed by atoms with Crippen LogP contribution in [0.5, 0.6) is 5.75 Å². The third-order valence-electron chi connectivity index (χ3n) is 7.00. The third kappa shape index (κ3) is 3.32. The Balaban J connectivity index is 1.30. The van der Waals surface area contributed by atoms with Gasteiger partial charge in [0.2, 0.25) is 5.91 Å². The van der Waals surface area contributed by atoms with Gasteiger partial charge in [0.25, 0.3) is 0 Å². The zero-order chi connectivity index (χ0) is 20.6. The molecule has 0 bridgehead atoms. The van der Waals surface area contributed by atoms with Gasteiger partial charge in [-0.25, -0.2) is 0 Å². The van der Waals surface area contributed by atoms with Gasteiger partial charge in [-0.05, 0) is 49.4 Å². The van der Waals surface area contributed by atoms with Crippen molar-refractivity contribution in [3.8, 4) is 5.75 Å². The van der Waals surface area contributed by atoms with Crippen molar-refractivity contribution in [1.29, 1.82) is 0 Å². The van der Waals surface area contributed by atoms with E-state index in [-0.39, 0.29) is 5.41 Å². The molecule has 5 rings (SSSR count). The molecule has 2 saturated heterocycles. The normalized spacial score (nSPS) is 18.9. The summed E-state index contributed by atoms with van der Waals surface area (Å²) < 4.78 is 5.38. The molecule has 5 heteroatoms. The number of piperidine rings is 2. The first-order valence-electron chi connectivity index (χ1n) is 10.9. The van der Waals surface area contributed by atoms with Gasteiger partial charge in [-0.1, -0.05) is 24.3 Å². The zero-order valence-electron chi connectivity index (χ0n) is 17.6. The molecular formula is C25H29N3O2. The standard InChI is InChI=1S/C25H29N3O2/c1-30-21-7-4-6-20(16-21)27-14-11-25(12-15-27)10-5-13-28(24(25)29)18-19-17-26-23-9-3-2-8-22(19)23/h2-4,6-9,16-17,26H,5,10-15,18H2,1H3. The molecule has 2 aliphatic rings. The Bertz CT molecular complexity index is 1050. The highest BCUT2D eigenvalue weighted by atomic mass is 16.5. The number of methoxy groups -OCH3 is 1. The van der Waals surface area contributed by atoms with E-state index in [9.17, 15) is 4.79 Å². The Morgan fingerprint density at radius 1 is 1.03 bits per heavy atom. The summed E-state index contributed by atoms with van der Waals surface area (Å²) in [5.41, 5.74) is 3.34. The van der Waals surface area contributed by atoms with Crippen molar-refractivity contribution in [3.63, 3.8) is 0 Å². The van der Waals surface area contributed by atoms with Gasteiger partial charge >= 0.3 is 0 Å². The molecule has 156 valence electrons. The first-order chi connectivity index (χ1) is 14.7. The topological polar surface area (TPSA) is 48.6 Å². The summed E-state index contributed by atoms with van der Waals surface area (Å²) in [6, 6.07) is 16.6. The summed E-state index contributed by atoms with van der Waals surface area (Å²) in [7, 11) is 1.70. The maximum atomic E-state index is 13.6. The van der Waals surface area contributed by atoms with Gasteiger partial charge in [0.15, 0.2) is 0 Å². The predicted octanol–water partition coefficient (Wildman–Crippen LogP) is 4.59. The maximum Gasteiger partial charge on any atom is 0.229 e. The molecule has 3 aromatic rings. The van der Waals surface area contributed by atoms with E-state index in [0.29, 0.717) is 12.5 Å². The van der Waals surface area contributed by atoms with E-state index < -0.39 is 0 Å². The minimum atomic E-state index is -0.195. The van der Waals surface area contributed by atoms with Crippen molar-refractivity contribution in [1.82, 2.24) is 9.88 Å². The molecule has 0 radical (unpaired) electrons. The molecule has 3 heterocycles. The molecule has 1 aromatic heterocycles. The maximum absolute atomic E-state index is 13.6. The minimum absolute atomic E-state index is 0.195. The van der Waals surface area contributed by atoms with Crippen molar-refractivity contribution in [2.75, 3.05) is 31.6 Å². The zero-order valence-corrected chi connectivity index (χ0v) is 17.6. The highest BCUT2D eigenvalue weighted by Gasteiger charge is 2.45. The highest BCUT2D eigenvalue weighted by Crippen LogP contribution is 2.42. The van der Waals surface area contributed by atoms with Gasteiger partial charge in [-0.15, -0.1) is 0 Å². The van der Waals surface area contributed by atoms with Crippen LogP contribution in [0.15, 0.2) is 54.7 Å². The Morgan fingerprint density at radius 2 is 1.87 bits per heavy atom. The summed E-state index contributed by atoms with van der Waals surface area (Å²) in [6.07, 6.45) is 6.01. The minimum Gasteiger partial charge on any atom is -0.497 e. The lowest BCUT2D eigenvalue weighted by Crippen LogP contribution is -2.53. The number of likely N-dealkylation sites (tertiary alicyclic amines) is 1. The number of carbonyl (C=O) groups is 1. The number of hydrogen-bond donors (Lipinski definition) is 1. The Morgan fingerprint density at radius 3 is 2.70 bits per heavy atom. The number of ether oxygens (including phenoxy) is 1. The van der Waals surface area contributed by atoms with Crippen molar-refractivity contribution in [3.05, 3.63) is 60.3 Å². The number of carbonyl (C=O) groups excluding carboxylic acids is 1. The fourth-order valence-electron chi connectivity index (χ4n) is 5.24. The van der Waals surface area contributed by atoms with Gasteiger partial charge in [0.05, 0.1) is 12.5 Å². The average Bonchev–Trinajstić information content (AvgIpc) is 3.20. The molecule has 0 saturated carbocycles. The molecular weight excluding hydrogens is 374 g/mol. The second kappa shape index (κ2) is 7.71. The van der Waals surface area contributed by atoms with Crippen molar-refractivity contribution < 1.29 is 9.53 Å². The quantitative estimate of drug-likeness (QED) is 0.693. The van der Waals surface area contributed by atoms with Crippen LogP contribution in [-0.4, -0.2) is 42.5 Å². The van der Waals surface area contributed by atoms with Crippen LogP contribution in [0.4, 0.5) is 5.69 Å². The molecule has 0 unspecified atom stereocenters. The van der Waals surface area contributed by atoms with E-state index >= 15 is 0 Å². The lowest BCUT2D eigenvalue weighted by molar-refractivity contribution is -0.148. The highest BCUT2D eigenvalue weighted by molar-refractivity contribution is 5.86. The average molecular weight is 404 g/mol. The second-order valence-electron chi connectivity index (χ2n) is 8.66. The predicted molar refractivity (Wildman–Crippen MR) is 120 cm³/mol. The van der Waals surface area contributed by atoms with Crippen LogP contribution in [0.3, 0.4) is 0 Å². The summed E-state index contributed by atoms with van der Waals surface area (Å²) >= 11 is 0. The lowest BCUT2D eigenvalue weighted by atomic mass is 9.71. The van der Waals surface area contributed by atoms with Crippen molar-refractivity contribution in [2.45, 2.75) is 32.2 Å².